The second-order valence-electron chi connectivity index (χ2n) is 10.3. The van der Waals surface area contributed by atoms with E-state index in [1.165, 1.54) is 4.90 Å². The van der Waals surface area contributed by atoms with E-state index in [2.05, 4.69) is 5.32 Å². The standard InChI is InChI=1S/C27H29F3N3O8P/c1-39-42(38,41-20-7-8-20)40-15-33-23(34)11-10-22(25(33)36)32-14-17-12-16(2-9-21(17)24(32)35)13-31-26(37)27(29,30)18-3-5-19(28)6-4-18/h2-6,9,12,20,22,24,35H,7-8,10-11,13-15H2,1H3,(H,31,37). The number of halogens is 3. The van der Waals surface area contributed by atoms with Crippen LogP contribution in [0.2, 0.25) is 0 Å². The van der Waals surface area contributed by atoms with Crippen molar-refractivity contribution >= 4 is 25.5 Å². The number of likely N-dealkylation sites (tertiary alicyclic amines) is 1. The van der Waals surface area contributed by atoms with Gasteiger partial charge in [0.1, 0.15) is 18.8 Å². The highest BCUT2D eigenvalue weighted by Crippen LogP contribution is 2.53. The molecule has 0 aromatic heterocycles. The van der Waals surface area contributed by atoms with Gasteiger partial charge < -0.3 is 10.4 Å². The number of imide groups is 1. The van der Waals surface area contributed by atoms with Gasteiger partial charge >= 0.3 is 13.7 Å². The van der Waals surface area contributed by atoms with Crippen molar-refractivity contribution in [3.05, 3.63) is 70.5 Å². The summed E-state index contributed by atoms with van der Waals surface area (Å²) in [5.41, 5.74) is 0.909. The fourth-order valence-corrected chi connectivity index (χ4v) is 5.94. The van der Waals surface area contributed by atoms with Crippen LogP contribution in [0.25, 0.3) is 0 Å². The highest BCUT2D eigenvalue weighted by molar-refractivity contribution is 7.48. The lowest BCUT2D eigenvalue weighted by atomic mass is 10.0. The molecule has 1 saturated carbocycles. The molecule has 2 aliphatic heterocycles. The van der Waals surface area contributed by atoms with Crippen LogP contribution in [-0.2, 0) is 51.5 Å². The monoisotopic (exact) mass is 611 g/mol. The largest absolute Gasteiger partial charge is 0.476 e. The Morgan fingerprint density at radius 2 is 1.86 bits per heavy atom. The summed E-state index contributed by atoms with van der Waals surface area (Å²) in [4.78, 5) is 40.4. The smallest absolute Gasteiger partial charge is 0.374 e. The molecule has 3 amide bonds. The van der Waals surface area contributed by atoms with Gasteiger partial charge in [-0.15, -0.1) is 0 Å². The minimum Gasteiger partial charge on any atom is -0.374 e. The molecule has 2 heterocycles. The maximum atomic E-state index is 14.5. The van der Waals surface area contributed by atoms with Crippen molar-refractivity contribution in [1.29, 1.82) is 0 Å². The molecule has 226 valence electrons. The van der Waals surface area contributed by atoms with E-state index >= 15 is 0 Å². The molecule has 2 fully saturated rings. The molecule has 1 saturated heterocycles. The number of amides is 3. The lowest BCUT2D eigenvalue weighted by Gasteiger charge is -2.36. The average molecular weight is 612 g/mol. The average Bonchev–Trinajstić information content (AvgIpc) is 3.72. The van der Waals surface area contributed by atoms with Crippen LogP contribution in [0.3, 0.4) is 0 Å². The van der Waals surface area contributed by atoms with Crippen molar-refractivity contribution in [3.63, 3.8) is 0 Å². The molecule has 2 aromatic rings. The minimum absolute atomic E-state index is 0.0281. The summed E-state index contributed by atoms with van der Waals surface area (Å²) < 4.78 is 70.2. The number of aliphatic hydroxyl groups is 1. The fourth-order valence-electron chi connectivity index (χ4n) is 4.86. The summed E-state index contributed by atoms with van der Waals surface area (Å²) >= 11 is 0. The van der Waals surface area contributed by atoms with Crippen LogP contribution in [0.5, 0.6) is 0 Å². The van der Waals surface area contributed by atoms with Crippen molar-refractivity contribution < 1.29 is 50.8 Å². The Morgan fingerprint density at radius 3 is 2.52 bits per heavy atom. The summed E-state index contributed by atoms with van der Waals surface area (Å²) in [5, 5.41) is 13.2. The van der Waals surface area contributed by atoms with Crippen molar-refractivity contribution in [2.45, 2.75) is 63.1 Å². The molecule has 3 atom stereocenters. The number of aliphatic hydroxyl groups excluding tert-OH is 1. The number of nitrogens with zero attached hydrogens (tertiary/aromatic N) is 2. The second-order valence-corrected chi connectivity index (χ2v) is 12.0. The first kappa shape index (κ1) is 30.3. The van der Waals surface area contributed by atoms with Crippen LogP contribution in [0.4, 0.5) is 13.2 Å². The van der Waals surface area contributed by atoms with Crippen molar-refractivity contribution in [2.75, 3.05) is 13.8 Å². The SMILES string of the molecule is COP(=O)(OCN1C(=O)CCC(N2Cc3cc(CNC(=O)C(F)(F)c4ccc(F)cc4)ccc3C2O)C1=O)OC1CC1. The quantitative estimate of drug-likeness (QED) is 0.289. The van der Waals surface area contributed by atoms with E-state index in [-0.39, 0.29) is 32.0 Å². The highest BCUT2D eigenvalue weighted by atomic mass is 31.2. The molecule has 11 nitrogen and oxygen atoms in total. The molecule has 5 rings (SSSR count). The Labute approximate surface area is 239 Å². The topological polar surface area (TPSA) is 135 Å². The van der Waals surface area contributed by atoms with E-state index in [0.717, 1.165) is 36.3 Å². The number of piperidine rings is 1. The molecule has 0 bridgehead atoms. The summed E-state index contributed by atoms with van der Waals surface area (Å²) in [5.74, 6) is -7.33. The number of nitrogens with one attached hydrogen (secondary N) is 1. The number of benzene rings is 2. The van der Waals surface area contributed by atoms with Crippen LogP contribution in [0, 0.1) is 5.82 Å². The van der Waals surface area contributed by atoms with E-state index in [1.54, 1.807) is 18.2 Å². The molecular weight excluding hydrogens is 582 g/mol. The molecule has 0 radical (unpaired) electrons. The molecule has 2 N–H and O–H groups in total. The van der Waals surface area contributed by atoms with E-state index in [4.69, 9.17) is 13.6 Å². The Morgan fingerprint density at radius 1 is 1.14 bits per heavy atom. The van der Waals surface area contributed by atoms with Gasteiger partial charge in [0, 0.05) is 32.2 Å². The molecule has 42 heavy (non-hydrogen) atoms. The number of phosphoric acid groups is 1. The van der Waals surface area contributed by atoms with Crippen LogP contribution < -0.4 is 5.32 Å². The molecule has 2 aromatic carbocycles. The van der Waals surface area contributed by atoms with Gasteiger partial charge in [-0.1, -0.05) is 18.2 Å². The summed E-state index contributed by atoms with van der Waals surface area (Å²) in [6.07, 6.45) is 0.0359. The predicted molar refractivity (Wildman–Crippen MR) is 139 cm³/mol. The van der Waals surface area contributed by atoms with Crippen LogP contribution in [0.1, 0.15) is 54.2 Å². The predicted octanol–water partition coefficient (Wildman–Crippen LogP) is 3.47. The van der Waals surface area contributed by atoms with E-state index in [9.17, 15) is 37.2 Å². The number of carbonyl (C=O) groups excluding carboxylic acids is 3. The van der Waals surface area contributed by atoms with Gasteiger partial charge in [0.05, 0.1) is 12.1 Å². The van der Waals surface area contributed by atoms with Crippen molar-refractivity contribution in [3.8, 4) is 0 Å². The lowest BCUT2D eigenvalue weighted by molar-refractivity contribution is -0.161. The summed E-state index contributed by atoms with van der Waals surface area (Å²) in [6, 6.07) is 7.21. The number of rotatable bonds is 11. The molecule has 15 heteroatoms. The maximum Gasteiger partial charge on any atom is 0.476 e. The number of carbonyl (C=O) groups is 3. The highest BCUT2D eigenvalue weighted by Gasteiger charge is 2.45. The van der Waals surface area contributed by atoms with Crippen molar-refractivity contribution in [1.82, 2.24) is 15.1 Å². The zero-order chi connectivity index (χ0) is 30.2. The Hall–Kier alpha value is -3.13. The van der Waals surface area contributed by atoms with E-state index in [1.807, 2.05) is 0 Å². The van der Waals surface area contributed by atoms with Gasteiger partial charge in [-0.05, 0) is 60.2 Å². The van der Waals surface area contributed by atoms with Crippen LogP contribution in [0.15, 0.2) is 42.5 Å². The second kappa shape index (κ2) is 11.9. The Kier molecular flexibility index (Phi) is 8.57. The molecule has 3 unspecified atom stereocenters. The molecule has 3 aliphatic rings. The molecular formula is C27H29F3N3O8P. The Bertz CT molecular complexity index is 1420. The van der Waals surface area contributed by atoms with Crippen molar-refractivity contribution in [2.24, 2.45) is 0 Å². The Balaban J connectivity index is 1.22. The van der Waals surface area contributed by atoms with Gasteiger partial charge in [0.2, 0.25) is 11.8 Å². The maximum absolute atomic E-state index is 14.5. The van der Waals surface area contributed by atoms with Gasteiger partial charge in [-0.25, -0.2) is 8.96 Å². The van der Waals surface area contributed by atoms with Gasteiger partial charge in [0.15, 0.2) is 0 Å². The lowest BCUT2D eigenvalue weighted by Crippen LogP contribution is -2.54. The molecule has 1 aliphatic carbocycles. The zero-order valence-electron chi connectivity index (χ0n) is 22.5. The van der Waals surface area contributed by atoms with Crippen LogP contribution in [-0.4, -0.2) is 58.6 Å². The number of hydrogen-bond donors (Lipinski definition) is 2. The fraction of sp³-hybridized carbons (Fsp3) is 0.444. The van der Waals surface area contributed by atoms with Gasteiger partial charge in [0.25, 0.3) is 5.91 Å². The summed E-state index contributed by atoms with van der Waals surface area (Å²) in [6.45, 7) is -0.788. The normalized spacial score (nSPS) is 22.6. The minimum atomic E-state index is -3.97. The van der Waals surface area contributed by atoms with E-state index < -0.39 is 61.8 Å². The van der Waals surface area contributed by atoms with E-state index in [0.29, 0.717) is 29.5 Å². The molecule has 0 spiro atoms. The first-order valence-electron chi connectivity index (χ1n) is 13.2. The van der Waals surface area contributed by atoms with Crippen LogP contribution >= 0.6 is 7.82 Å². The third kappa shape index (κ3) is 6.29. The third-order valence-electron chi connectivity index (χ3n) is 7.35. The van der Waals surface area contributed by atoms with Gasteiger partial charge in [-0.2, -0.15) is 8.78 Å². The number of phosphoric ester groups is 1. The third-order valence-corrected chi connectivity index (χ3v) is 8.79. The number of hydrogen-bond acceptors (Lipinski definition) is 9. The zero-order valence-corrected chi connectivity index (χ0v) is 23.4. The van der Waals surface area contributed by atoms with Gasteiger partial charge in [-0.3, -0.25) is 37.8 Å². The number of fused-ring (bicyclic) bond motifs is 1. The summed E-state index contributed by atoms with van der Waals surface area (Å²) in [7, 11) is -2.83. The first-order valence-corrected chi connectivity index (χ1v) is 14.7. The number of alkyl halides is 2. The first-order chi connectivity index (χ1) is 19.9.